The van der Waals surface area contributed by atoms with Crippen molar-refractivity contribution in [1.82, 2.24) is 5.32 Å². The van der Waals surface area contributed by atoms with Crippen LogP contribution in [0.15, 0.2) is 122 Å². The summed E-state index contributed by atoms with van der Waals surface area (Å²) >= 11 is 0. The van der Waals surface area contributed by atoms with Gasteiger partial charge in [-0.05, 0) is 103 Å². The number of carbonyl (C=O) groups is 1. The molecule has 78 heavy (non-hydrogen) atoms. The second-order valence-corrected chi connectivity index (χ2v) is 21.4. The number of carbonyl (C=O) groups excluding carboxylic acids is 1. The number of amides is 1. The first-order valence-electron chi connectivity index (χ1n) is 31.8. The van der Waals surface area contributed by atoms with Gasteiger partial charge in [-0.15, -0.1) is 0 Å². The quantitative estimate of drug-likeness (QED) is 0.0261. The zero-order chi connectivity index (χ0) is 56.5. The Balaban J connectivity index is 2.12. The van der Waals surface area contributed by atoms with Crippen LogP contribution >= 0.6 is 0 Å². The molecule has 0 radical (unpaired) electrons. The summed E-state index contributed by atoms with van der Waals surface area (Å²) in [4.78, 5) is 13.1. The van der Waals surface area contributed by atoms with Crippen molar-refractivity contribution in [3.8, 4) is 0 Å². The van der Waals surface area contributed by atoms with Crippen molar-refractivity contribution < 1.29 is 39.8 Å². The van der Waals surface area contributed by atoms with E-state index < -0.39 is 49.5 Å². The van der Waals surface area contributed by atoms with Crippen molar-refractivity contribution in [1.29, 1.82) is 0 Å². The van der Waals surface area contributed by atoms with Crippen LogP contribution in [0.25, 0.3) is 0 Å². The Morgan fingerprint density at radius 3 is 1.23 bits per heavy atom. The summed E-state index contributed by atoms with van der Waals surface area (Å²) < 4.78 is 11.3. The average Bonchev–Trinajstić information content (AvgIpc) is 3.45. The molecule has 0 aromatic rings. The lowest BCUT2D eigenvalue weighted by Crippen LogP contribution is -2.60. The van der Waals surface area contributed by atoms with Gasteiger partial charge in [0, 0.05) is 6.42 Å². The van der Waals surface area contributed by atoms with E-state index in [0.717, 1.165) is 96.3 Å². The molecule has 9 heteroatoms. The van der Waals surface area contributed by atoms with Crippen LogP contribution in [0.5, 0.6) is 0 Å². The van der Waals surface area contributed by atoms with Gasteiger partial charge in [-0.3, -0.25) is 4.79 Å². The second-order valence-electron chi connectivity index (χ2n) is 21.4. The standard InChI is InChI=1S/C69H117NO8/c1-3-5-7-9-11-13-15-17-19-21-22-23-24-25-26-27-28-29-30-31-32-33-34-35-36-37-38-39-40-41-42-43-45-47-49-51-53-55-57-59-65(73)70-62(61-77-69-68(76)67(75)66(74)64(60-71)78-69)63(72)58-56-54-52-50-48-46-44-20-18-16-14-12-10-8-6-4-2/h5,7,11,13,17-20,22-23,25-26,28-29,31-32,48,50,56,58,62-64,66-69,71-72,74-76H,3-4,6,8-10,12,14-16,21,24,27,30,33-47,49,51-55,57,59-61H2,1-2H3,(H,70,73)/b7-5-,13-11-,19-17-,20-18+,23-22-,26-25-,29-28-,32-31-,50-48+,58-56+. The van der Waals surface area contributed by atoms with E-state index in [4.69, 9.17) is 9.47 Å². The van der Waals surface area contributed by atoms with Crippen LogP contribution in [0.4, 0.5) is 0 Å². The molecule has 1 saturated heterocycles. The minimum Gasteiger partial charge on any atom is -0.394 e. The van der Waals surface area contributed by atoms with E-state index >= 15 is 0 Å². The lowest BCUT2D eigenvalue weighted by molar-refractivity contribution is -0.302. The van der Waals surface area contributed by atoms with Gasteiger partial charge in [0.15, 0.2) is 6.29 Å². The Hall–Kier alpha value is -3.41. The number of hydrogen-bond donors (Lipinski definition) is 6. The molecule has 1 heterocycles. The van der Waals surface area contributed by atoms with Crippen LogP contribution in [0.1, 0.15) is 251 Å². The fraction of sp³-hybridized carbons (Fsp3) is 0.696. The summed E-state index contributed by atoms with van der Waals surface area (Å²) in [6.07, 6.45) is 78.6. The zero-order valence-corrected chi connectivity index (χ0v) is 49.6. The number of allylic oxidation sites excluding steroid dienone is 19. The minimum absolute atomic E-state index is 0.193. The van der Waals surface area contributed by atoms with Crippen LogP contribution in [0.2, 0.25) is 0 Å². The Bertz CT molecular complexity index is 1640. The Labute approximate surface area is 478 Å². The summed E-state index contributed by atoms with van der Waals surface area (Å²) in [7, 11) is 0. The number of rotatable bonds is 53. The maximum absolute atomic E-state index is 13.1. The van der Waals surface area contributed by atoms with Crippen LogP contribution in [0, 0.1) is 0 Å². The third kappa shape index (κ3) is 45.3. The lowest BCUT2D eigenvalue weighted by atomic mass is 9.99. The lowest BCUT2D eigenvalue weighted by Gasteiger charge is -2.40. The van der Waals surface area contributed by atoms with Gasteiger partial charge in [0.05, 0.1) is 25.4 Å². The molecule has 0 saturated carbocycles. The van der Waals surface area contributed by atoms with Crippen molar-refractivity contribution in [2.75, 3.05) is 13.2 Å². The molecule has 1 rings (SSSR count). The highest BCUT2D eigenvalue weighted by Gasteiger charge is 2.44. The SMILES string of the molecule is CC/C=C\C/C=C\C/C=C\C/C=C\C/C=C\C/C=C\C/C=C\CCCCCCCCCCCCCCCCCCCC(=O)NC(COC1OC(CO)C(O)C(O)C1O)C(O)/C=C/CC/C=C/CC/C=C/CCCCCCCC. The summed E-state index contributed by atoms with van der Waals surface area (Å²) in [6.45, 7) is 3.63. The third-order valence-corrected chi connectivity index (χ3v) is 14.2. The molecule has 1 aliphatic heterocycles. The van der Waals surface area contributed by atoms with Gasteiger partial charge in [-0.2, -0.15) is 0 Å². The number of aliphatic hydroxyl groups excluding tert-OH is 5. The van der Waals surface area contributed by atoms with E-state index in [0.29, 0.717) is 6.42 Å². The smallest absolute Gasteiger partial charge is 0.220 e. The fourth-order valence-electron chi connectivity index (χ4n) is 9.29. The van der Waals surface area contributed by atoms with Crippen molar-refractivity contribution in [3.05, 3.63) is 122 Å². The maximum atomic E-state index is 13.1. The predicted molar refractivity (Wildman–Crippen MR) is 331 cm³/mol. The van der Waals surface area contributed by atoms with E-state index in [1.807, 2.05) is 6.08 Å². The minimum atomic E-state index is -1.58. The van der Waals surface area contributed by atoms with Gasteiger partial charge in [0.25, 0.3) is 0 Å². The molecule has 1 fully saturated rings. The predicted octanol–water partition coefficient (Wildman–Crippen LogP) is 16.7. The van der Waals surface area contributed by atoms with Crippen LogP contribution in [-0.2, 0) is 14.3 Å². The van der Waals surface area contributed by atoms with Gasteiger partial charge in [0.2, 0.25) is 5.91 Å². The molecule has 0 aromatic heterocycles. The Kier molecular flexibility index (Phi) is 52.9. The number of ether oxygens (including phenoxy) is 2. The summed E-state index contributed by atoms with van der Waals surface area (Å²) in [5, 5.41) is 54.5. The van der Waals surface area contributed by atoms with Gasteiger partial charge in [0.1, 0.15) is 24.4 Å². The van der Waals surface area contributed by atoms with E-state index in [-0.39, 0.29) is 12.5 Å². The first kappa shape index (κ1) is 72.6. The monoisotopic (exact) mass is 1090 g/mol. The van der Waals surface area contributed by atoms with Crippen LogP contribution in [-0.4, -0.2) is 87.5 Å². The molecule has 6 N–H and O–H groups in total. The summed E-state index contributed by atoms with van der Waals surface area (Å²) in [6, 6.07) is -0.834. The van der Waals surface area contributed by atoms with Gasteiger partial charge in [-0.25, -0.2) is 0 Å². The molecule has 7 atom stereocenters. The Morgan fingerprint density at radius 1 is 0.449 bits per heavy atom. The van der Waals surface area contributed by atoms with Gasteiger partial charge < -0.3 is 40.3 Å². The molecular weight excluding hydrogens is 971 g/mol. The van der Waals surface area contributed by atoms with E-state index in [1.165, 1.54) is 135 Å². The van der Waals surface area contributed by atoms with Crippen LogP contribution < -0.4 is 5.32 Å². The van der Waals surface area contributed by atoms with Crippen molar-refractivity contribution in [2.45, 2.75) is 294 Å². The van der Waals surface area contributed by atoms with E-state index in [9.17, 15) is 30.3 Å². The molecule has 0 bridgehead atoms. The topological polar surface area (TPSA) is 149 Å². The molecule has 0 spiro atoms. The molecule has 446 valence electrons. The van der Waals surface area contributed by atoms with Crippen molar-refractivity contribution in [2.24, 2.45) is 0 Å². The van der Waals surface area contributed by atoms with E-state index in [2.05, 4.69) is 129 Å². The maximum Gasteiger partial charge on any atom is 0.220 e. The molecule has 0 aromatic carbocycles. The molecule has 1 aliphatic rings. The van der Waals surface area contributed by atoms with Crippen molar-refractivity contribution in [3.63, 3.8) is 0 Å². The largest absolute Gasteiger partial charge is 0.394 e. The molecule has 0 aliphatic carbocycles. The third-order valence-electron chi connectivity index (χ3n) is 14.2. The number of nitrogens with one attached hydrogen (secondary N) is 1. The molecule has 7 unspecified atom stereocenters. The molecule has 9 nitrogen and oxygen atoms in total. The van der Waals surface area contributed by atoms with Crippen LogP contribution in [0.3, 0.4) is 0 Å². The normalized spacial score (nSPS) is 19.5. The second kappa shape index (κ2) is 56.8. The molecular formula is C69H117NO8. The number of unbranched alkanes of at least 4 members (excludes halogenated alkanes) is 25. The summed E-state index contributed by atoms with van der Waals surface area (Å²) in [5.74, 6) is -0.193. The Morgan fingerprint density at radius 2 is 0.808 bits per heavy atom. The highest BCUT2D eigenvalue weighted by Crippen LogP contribution is 2.23. The van der Waals surface area contributed by atoms with E-state index in [1.54, 1.807) is 6.08 Å². The fourth-order valence-corrected chi connectivity index (χ4v) is 9.29. The van der Waals surface area contributed by atoms with Gasteiger partial charge >= 0.3 is 0 Å². The molecule has 1 amide bonds. The number of aliphatic hydroxyl groups is 5. The van der Waals surface area contributed by atoms with Crippen molar-refractivity contribution >= 4 is 5.91 Å². The zero-order valence-electron chi connectivity index (χ0n) is 49.6. The first-order valence-corrected chi connectivity index (χ1v) is 31.8. The highest BCUT2D eigenvalue weighted by molar-refractivity contribution is 5.76. The average molecular weight is 1090 g/mol. The summed E-state index contributed by atoms with van der Waals surface area (Å²) in [5.41, 5.74) is 0. The first-order chi connectivity index (χ1) is 38.3. The van der Waals surface area contributed by atoms with Gasteiger partial charge in [-0.1, -0.05) is 264 Å². The number of hydrogen-bond acceptors (Lipinski definition) is 8. The highest BCUT2D eigenvalue weighted by atomic mass is 16.7.